The zero-order chi connectivity index (χ0) is 36.3. The van der Waals surface area contributed by atoms with Crippen molar-refractivity contribution in [1.82, 2.24) is 5.32 Å². The van der Waals surface area contributed by atoms with Crippen LogP contribution in [0.5, 0.6) is 0 Å². The van der Waals surface area contributed by atoms with Gasteiger partial charge in [0.15, 0.2) is 0 Å². The Morgan fingerprint density at radius 2 is 1.27 bits per heavy atom. The van der Waals surface area contributed by atoms with Gasteiger partial charge in [-0.2, -0.15) is 0 Å². The lowest BCUT2D eigenvalue weighted by Gasteiger charge is -2.24. The normalized spacial score (nSPS) is 15.3. The van der Waals surface area contributed by atoms with Crippen molar-refractivity contribution in [1.29, 1.82) is 0 Å². The van der Waals surface area contributed by atoms with Crippen LogP contribution in [0.1, 0.15) is 168 Å². The van der Waals surface area contributed by atoms with Gasteiger partial charge < -0.3 is 26.2 Å². The van der Waals surface area contributed by atoms with Crippen molar-refractivity contribution in [3.63, 3.8) is 0 Å². The van der Waals surface area contributed by atoms with Crippen molar-refractivity contribution < 1.29 is 33.5 Å². The van der Waals surface area contributed by atoms with E-state index in [1.807, 2.05) is 6.08 Å². The third-order valence-electron chi connectivity index (χ3n) is 8.53. The van der Waals surface area contributed by atoms with E-state index in [2.05, 4.69) is 43.5 Å². The third-order valence-corrected chi connectivity index (χ3v) is 9.51. The molecule has 10 heteroatoms. The van der Waals surface area contributed by atoms with Gasteiger partial charge >= 0.3 is 7.82 Å². The molecule has 0 aromatic rings. The highest BCUT2D eigenvalue weighted by molar-refractivity contribution is 7.47. The highest BCUT2D eigenvalue weighted by Gasteiger charge is 2.27. The largest absolute Gasteiger partial charge is 0.472 e. The zero-order valence-corrected chi connectivity index (χ0v) is 32.2. The van der Waals surface area contributed by atoms with Gasteiger partial charge in [0.05, 0.1) is 37.9 Å². The topological polar surface area (TPSA) is 151 Å². The molecule has 0 aromatic heterocycles. The molecule has 0 bridgehead atoms. The number of unbranched alkanes of at least 4 members (excludes halogenated alkanes) is 18. The Kier molecular flexibility index (Phi) is 34.2. The van der Waals surface area contributed by atoms with Crippen molar-refractivity contribution in [2.75, 3.05) is 19.8 Å². The fraction of sp³-hybridized carbons (Fsp3) is 0.821. The number of nitrogens with two attached hydrogens (primary N) is 1. The predicted octanol–water partition coefficient (Wildman–Crippen LogP) is 9.36. The molecule has 0 aliphatic heterocycles. The number of phosphoric ester groups is 1. The molecule has 9 nitrogen and oxygen atoms in total. The second kappa shape index (κ2) is 35.1. The summed E-state index contributed by atoms with van der Waals surface area (Å²) in [5.74, 6) is -0.451. The van der Waals surface area contributed by atoms with E-state index in [9.17, 15) is 24.5 Å². The Morgan fingerprint density at radius 1 is 0.735 bits per heavy atom. The summed E-state index contributed by atoms with van der Waals surface area (Å²) in [6.45, 7) is 3.81. The Hall–Kier alpha value is -1.32. The van der Waals surface area contributed by atoms with E-state index in [1.54, 1.807) is 6.08 Å². The summed E-state index contributed by atoms with van der Waals surface area (Å²) in [4.78, 5) is 22.6. The van der Waals surface area contributed by atoms with Gasteiger partial charge in [-0.25, -0.2) is 4.57 Å². The summed E-state index contributed by atoms with van der Waals surface area (Å²) in [7, 11) is -4.39. The SMILES string of the molecule is CC/C=C\C/C=C\CCCCCCCCCCCCCCC(O)CC(=O)NC(COP(=O)(O)OCCN)C(O)/C=C/CCCCCCCC. The summed E-state index contributed by atoms with van der Waals surface area (Å²) in [6, 6.07) is -0.979. The number of phosphoric acid groups is 1. The Morgan fingerprint density at radius 3 is 1.84 bits per heavy atom. The number of aliphatic hydroxyl groups is 2. The van der Waals surface area contributed by atoms with Gasteiger partial charge in [-0.3, -0.25) is 13.8 Å². The van der Waals surface area contributed by atoms with Crippen LogP contribution >= 0.6 is 7.82 Å². The maximum atomic E-state index is 12.7. The van der Waals surface area contributed by atoms with E-state index < -0.39 is 38.6 Å². The Balaban J connectivity index is 4.20. The number of carbonyl (C=O) groups excluding carboxylic acids is 1. The molecule has 288 valence electrons. The maximum Gasteiger partial charge on any atom is 0.472 e. The van der Waals surface area contributed by atoms with Gasteiger partial charge in [-0.1, -0.05) is 153 Å². The van der Waals surface area contributed by atoms with Crippen molar-refractivity contribution in [3.8, 4) is 0 Å². The molecule has 0 fully saturated rings. The van der Waals surface area contributed by atoms with Crippen LogP contribution in [0.15, 0.2) is 36.5 Å². The highest BCUT2D eigenvalue weighted by Crippen LogP contribution is 2.43. The molecule has 1 amide bonds. The van der Waals surface area contributed by atoms with Crippen LogP contribution in [0, 0.1) is 0 Å². The van der Waals surface area contributed by atoms with Crippen LogP contribution in [-0.4, -0.2) is 59.0 Å². The monoisotopic (exact) mass is 715 g/mol. The van der Waals surface area contributed by atoms with Crippen LogP contribution in [0.4, 0.5) is 0 Å². The van der Waals surface area contributed by atoms with E-state index in [1.165, 1.54) is 89.9 Å². The number of amides is 1. The molecular formula is C39H75N2O7P. The minimum absolute atomic E-state index is 0.0483. The van der Waals surface area contributed by atoms with Gasteiger partial charge in [0.25, 0.3) is 0 Å². The summed E-state index contributed by atoms with van der Waals surface area (Å²) in [6.07, 6.45) is 36.8. The number of allylic oxidation sites excluding steroid dienone is 5. The zero-order valence-electron chi connectivity index (χ0n) is 31.3. The van der Waals surface area contributed by atoms with Gasteiger partial charge in [0.1, 0.15) is 0 Å². The van der Waals surface area contributed by atoms with E-state index in [-0.39, 0.29) is 19.6 Å². The summed E-state index contributed by atoms with van der Waals surface area (Å²) in [5, 5.41) is 23.9. The van der Waals surface area contributed by atoms with Crippen molar-refractivity contribution >= 4 is 13.7 Å². The van der Waals surface area contributed by atoms with Gasteiger partial charge in [-0.15, -0.1) is 0 Å². The summed E-state index contributed by atoms with van der Waals surface area (Å²) >= 11 is 0. The average molecular weight is 715 g/mol. The van der Waals surface area contributed by atoms with Crippen molar-refractivity contribution in [3.05, 3.63) is 36.5 Å². The van der Waals surface area contributed by atoms with Crippen LogP contribution < -0.4 is 11.1 Å². The van der Waals surface area contributed by atoms with Crippen LogP contribution in [0.3, 0.4) is 0 Å². The number of nitrogens with one attached hydrogen (secondary N) is 1. The molecule has 0 aromatic carbocycles. The Bertz CT molecular complexity index is 883. The van der Waals surface area contributed by atoms with Gasteiger partial charge in [-0.05, 0) is 44.9 Å². The first kappa shape index (κ1) is 47.7. The number of carbonyl (C=O) groups is 1. The number of hydrogen-bond donors (Lipinski definition) is 5. The fourth-order valence-electron chi connectivity index (χ4n) is 5.56. The van der Waals surface area contributed by atoms with Crippen molar-refractivity contribution in [2.24, 2.45) is 5.73 Å². The van der Waals surface area contributed by atoms with Crippen molar-refractivity contribution in [2.45, 2.75) is 186 Å². The maximum absolute atomic E-state index is 12.7. The minimum Gasteiger partial charge on any atom is -0.393 e. The standard InChI is InChI=1S/C39H75N2O7P/c1-3-5-7-9-11-13-14-15-16-17-18-19-20-21-22-23-24-26-28-30-36(42)34-39(44)41-37(35-48-49(45,46)47-33-32-40)38(43)31-29-27-25-12-10-8-6-4-2/h5,7,11,13,29,31,36-38,42-43H,3-4,6,8-10,12,14-28,30,32-35,40H2,1-2H3,(H,41,44)(H,45,46)/b7-5-,13-11-,31-29+. The number of rotatable bonds is 36. The molecule has 0 heterocycles. The van der Waals surface area contributed by atoms with E-state index in [4.69, 9.17) is 14.8 Å². The molecule has 0 rings (SSSR count). The molecule has 0 saturated heterocycles. The molecule has 0 aliphatic carbocycles. The lowest BCUT2D eigenvalue weighted by atomic mass is 10.0. The molecule has 0 radical (unpaired) electrons. The lowest BCUT2D eigenvalue weighted by molar-refractivity contribution is -0.124. The summed E-state index contributed by atoms with van der Waals surface area (Å²) < 4.78 is 21.9. The van der Waals surface area contributed by atoms with E-state index in [0.717, 1.165) is 51.4 Å². The lowest BCUT2D eigenvalue weighted by Crippen LogP contribution is -2.46. The quantitative estimate of drug-likeness (QED) is 0.0245. The molecular weight excluding hydrogens is 639 g/mol. The predicted molar refractivity (Wildman–Crippen MR) is 204 cm³/mol. The average Bonchev–Trinajstić information content (AvgIpc) is 3.07. The smallest absolute Gasteiger partial charge is 0.393 e. The summed E-state index contributed by atoms with van der Waals surface area (Å²) in [5.41, 5.74) is 5.33. The molecule has 0 saturated carbocycles. The van der Waals surface area contributed by atoms with E-state index in [0.29, 0.717) is 6.42 Å². The highest BCUT2D eigenvalue weighted by atomic mass is 31.2. The molecule has 49 heavy (non-hydrogen) atoms. The first-order valence-electron chi connectivity index (χ1n) is 19.7. The number of aliphatic hydroxyl groups excluding tert-OH is 2. The van der Waals surface area contributed by atoms with Crippen LogP contribution in [0.2, 0.25) is 0 Å². The minimum atomic E-state index is -4.39. The van der Waals surface area contributed by atoms with Gasteiger partial charge in [0.2, 0.25) is 5.91 Å². The Labute approximate surface area is 300 Å². The van der Waals surface area contributed by atoms with Gasteiger partial charge in [0, 0.05) is 6.54 Å². The molecule has 4 atom stereocenters. The second-order valence-corrected chi connectivity index (χ2v) is 14.8. The third kappa shape index (κ3) is 33.6. The first-order valence-corrected chi connectivity index (χ1v) is 21.2. The van der Waals surface area contributed by atoms with Crippen LogP contribution in [0.25, 0.3) is 0 Å². The number of hydrogen-bond acceptors (Lipinski definition) is 7. The molecule has 0 aliphatic rings. The first-order chi connectivity index (χ1) is 23.8. The second-order valence-electron chi connectivity index (χ2n) is 13.3. The van der Waals surface area contributed by atoms with E-state index >= 15 is 0 Å². The fourth-order valence-corrected chi connectivity index (χ4v) is 6.32. The molecule has 4 unspecified atom stereocenters. The van der Waals surface area contributed by atoms with Crippen LogP contribution in [-0.2, 0) is 18.4 Å². The molecule has 0 spiro atoms. The molecule has 6 N–H and O–H groups in total.